The van der Waals surface area contributed by atoms with Gasteiger partial charge < -0.3 is 31.8 Å². The summed E-state index contributed by atoms with van der Waals surface area (Å²) < 4.78 is 0. The third kappa shape index (κ3) is 6.79. The first-order valence-corrected chi connectivity index (χ1v) is 11.0. The van der Waals surface area contributed by atoms with E-state index >= 15 is 0 Å². The average Bonchev–Trinajstić information content (AvgIpc) is 3.18. The second-order valence-corrected chi connectivity index (χ2v) is 8.35. The number of carbonyl (C=O) groups is 4. The van der Waals surface area contributed by atoms with Crippen LogP contribution in [0.4, 0.5) is 0 Å². The first-order valence-electron chi connectivity index (χ1n) is 11.0. The summed E-state index contributed by atoms with van der Waals surface area (Å²) in [5.41, 5.74) is 7.36. The number of H-pyrrole nitrogens is 1. The Kier molecular flexibility index (Phi) is 8.98. The van der Waals surface area contributed by atoms with Crippen molar-refractivity contribution in [1.29, 1.82) is 0 Å². The number of carboxylic acid groups (broad SMARTS) is 1. The molecule has 1 heterocycles. The Bertz CT molecular complexity index is 1000. The van der Waals surface area contributed by atoms with Gasteiger partial charge in [0.25, 0.3) is 0 Å². The Hall–Kier alpha value is -3.40. The molecule has 7 N–H and O–H groups in total. The SMILES string of the molecule is CCC(C)C(NC(=O)C(C)NC(=O)C(Cc1c[nH]c2ccccc12)NC(=O)C(C)N)C(=O)O. The van der Waals surface area contributed by atoms with Gasteiger partial charge in [0.05, 0.1) is 6.04 Å². The summed E-state index contributed by atoms with van der Waals surface area (Å²) in [5, 5.41) is 18.0. The van der Waals surface area contributed by atoms with E-state index in [1.54, 1.807) is 13.1 Å². The van der Waals surface area contributed by atoms with Crippen LogP contribution >= 0.6 is 0 Å². The zero-order valence-corrected chi connectivity index (χ0v) is 19.3. The maximum Gasteiger partial charge on any atom is 0.326 e. The van der Waals surface area contributed by atoms with Gasteiger partial charge in [0.1, 0.15) is 18.1 Å². The first-order chi connectivity index (χ1) is 15.5. The number of amides is 3. The van der Waals surface area contributed by atoms with Crippen molar-refractivity contribution in [1.82, 2.24) is 20.9 Å². The minimum atomic E-state index is -1.14. The van der Waals surface area contributed by atoms with E-state index in [4.69, 9.17) is 5.73 Å². The maximum absolute atomic E-state index is 13.0. The number of aromatic nitrogens is 1. The van der Waals surface area contributed by atoms with Crippen LogP contribution in [0.1, 0.15) is 39.7 Å². The number of nitrogens with one attached hydrogen (secondary N) is 4. The van der Waals surface area contributed by atoms with E-state index in [-0.39, 0.29) is 12.3 Å². The van der Waals surface area contributed by atoms with Crippen molar-refractivity contribution in [3.8, 4) is 0 Å². The topological polar surface area (TPSA) is 166 Å². The second kappa shape index (κ2) is 11.5. The van der Waals surface area contributed by atoms with Crippen molar-refractivity contribution < 1.29 is 24.3 Å². The molecule has 3 amide bonds. The zero-order chi connectivity index (χ0) is 24.7. The summed E-state index contributed by atoms with van der Waals surface area (Å²) in [6.07, 6.45) is 2.50. The molecule has 0 aliphatic rings. The number of hydrogen-bond acceptors (Lipinski definition) is 5. The van der Waals surface area contributed by atoms with Crippen LogP contribution in [-0.2, 0) is 25.6 Å². The number of aliphatic carboxylic acids is 1. The van der Waals surface area contributed by atoms with Crippen molar-refractivity contribution in [2.24, 2.45) is 11.7 Å². The Labute approximate surface area is 192 Å². The summed E-state index contributed by atoms with van der Waals surface area (Å²) >= 11 is 0. The molecular weight excluding hydrogens is 426 g/mol. The normalized spacial score (nSPS) is 15.7. The predicted molar refractivity (Wildman–Crippen MR) is 124 cm³/mol. The molecule has 180 valence electrons. The minimum Gasteiger partial charge on any atom is -0.480 e. The van der Waals surface area contributed by atoms with Crippen LogP contribution in [-0.4, -0.2) is 57.9 Å². The standard InChI is InChI=1S/C23H33N5O5/c1-5-12(2)19(23(32)33)28-21(30)14(4)26-22(31)18(27-20(29)13(3)24)10-15-11-25-17-9-7-6-8-16(15)17/h6-9,11-14,18-19,25H,5,10,24H2,1-4H3,(H,26,31)(H,27,29)(H,28,30)(H,32,33). The fourth-order valence-corrected chi connectivity index (χ4v) is 3.37. The Balaban J connectivity index is 2.15. The lowest BCUT2D eigenvalue weighted by atomic mass is 9.99. The highest BCUT2D eigenvalue weighted by Crippen LogP contribution is 2.19. The molecule has 33 heavy (non-hydrogen) atoms. The molecule has 5 atom stereocenters. The molecule has 0 saturated heterocycles. The van der Waals surface area contributed by atoms with Crippen molar-refractivity contribution in [3.05, 3.63) is 36.0 Å². The fraction of sp³-hybridized carbons (Fsp3) is 0.478. The van der Waals surface area contributed by atoms with Gasteiger partial charge in [-0.1, -0.05) is 38.5 Å². The molecule has 0 spiro atoms. The van der Waals surface area contributed by atoms with Crippen LogP contribution in [0.5, 0.6) is 0 Å². The number of benzene rings is 1. The van der Waals surface area contributed by atoms with Crippen LogP contribution in [0.15, 0.2) is 30.5 Å². The highest BCUT2D eigenvalue weighted by Gasteiger charge is 2.30. The molecule has 10 heteroatoms. The molecule has 5 unspecified atom stereocenters. The number of fused-ring (bicyclic) bond motifs is 1. The van der Waals surface area contributed by atoms with Gasteiger partial charge in [0.15, 0.2) is 0 Å². The van der Waals surface area contributed by atoms with Crippen molar-refractivity contribution in [3.63, 3.8) is 0 Å². The van der Waals surface area contributed by atoms with E-state index in [1.807, 2.05) is 31.2 Å². The van der Waals surface area contributed by atoms with Crippen LogP contribution in [0.25, 0.3) is 10.9 Å². The maximum atomic E-state index is 13.0. The van der Waals surface area contributed by atoms with Crippen LogP contribution in [0.3, 0.4) is 0 Å². The van der Waals surface area contributed by atoms with Crippen molar-refractivity contribution >= 4 is 34.6 Å². The van der Waals surface area contributed by atoms with Gasteiger partial charge in [-0.05, 0) is 31.4 Å². The lowest BCUT2D eigenvalue weighted by molar-refractivity contribution is -0.143. The fourth-order valence-electron chi connectivity index (χ4n) is 3.37. The van der Waals surface area contributed by atoms with Crippen LogP contribution in [0, 0.1) is 5.92 Å². The molecule has 2 aromatic rings. The van der Waals surface area contributed by atoms with Gasteiger partial charge in [0.2, 0.25) is 17.7 Å². The Morgan fingerprint density at radius 3 is 2.27 bits per heavy atom. The van der Waals surface area contributed by atoms with Gasteiger partial charge in [-0.3, -0.25) is 14.4 Å². The molecule has 2 rings (SSSR count). The summed E-state index contributed by atoms with van der Waals surface area (Å²) in [4.78, 5) is 52.4. The molecule has 0 radical (unpaired) electrons. The van der Waals surface area contributed by atoms with Gasteiger partial charge in [0, 0.05) is 23.5 Å². The van der Waals surface area contributed by atoms with Crippen molar-refractivity contribution in [2.45, 2.75) is 64.7 Å². The Morgan fingerprint density at radius 1 is 1.00 bits per heavy atom. The molecule has 0 bridgehead atoms. The molecule has 10 nitrogen and oxygen atoms in total. The molecule has 1 aromatic heterocycles. The molecule has 0 aliphatic carbocycles. The average molecular weight is 460 g/mol. The van der Waals surface area contributed by atoms with Crippen molar-refractivity contribution in [2.75, 3.05) is 0 Å². The number of carbonyl (C=O) groups excluding carboxylic acids is 3. The lowest BCUT2D eigenvalue weighted by Crippen LogP contribution is -2.57. The van der Waals surface area contributed by atoms with Gasteiger partial charge in [-0.2, -0.15) is 0 Å². The predicted octanol–water partition coefficient (Wildman–Crippen LogP) is 0.663. The number of hydrogen-bond donors (Lipinski definition) is 6. The van der Waals surface area contributed by atoms with Crippen LogP contribution in [0.2, 0.25) is 0 Å². The van der Waals surface area contributed by atoms with E-state index in [2.05, 4.69) is 20.9 Å². The van der Waals surface area contributed by atoms with E-state index in [0.717, 1.165) is 16.5 Å². The molecule has 0 saturated carbocycles. The van der Waals surface area contributed by atoms with Gasteiger partial charge >= 0.3 is 5.97 Å². The molecule has 0 fully saturated rings. The molecule has 1 aromatic carbocycles. The third-order valence-electron chi connectivity index (χ3n) is 5.67. The summed E-state index contributed by atoms with van der Waals surface area (Å²) in [6.45, 7) is 6.52. The highest BCUT2D eigenvalue weighted by molar-refractivity contribution is 5.94. The minimum absolute atomic E-state index is 0.174. The molecule has 0 aliphatic heterocycles. The lowest BCUT2D eigenvalue weighted by Gasteiger charge is -2.24. The van der Waals surface area contributed by atoms with E-state index < -0.39 is 47.9 Å². The first kappa shape index (κ1) is 25.9. The molecular formula is C23H33N5O5. The monoisotopic (exact) mass is 459 g/mol. The number of carboxylic acids is 1. The van der Waals surface area contributed by atoms with Gasteiger partial charge in [-0.15, -0.1) is 0 Å². The third-order valence-corrected chi connectivity index (χ3v) is 5.67. The largest absolute Gasteiger partial charge is 0.480 e. The number of para-hydroxylation sites is 1. The van der Waals surface area contributed by atoms with Crippen LogP contribution < -0.4 is 21.7 Å². The van der Waals surface area contributed by atoms with E-state index in [0.29, 0.717) is 6.42 Å². The van der Waals surface area contributed by atoms with E-state index in [9.17, 15) is 24.3 Å². The summed E-state index contributed by atoms with van der Waals surface area (Å²) in [5.74, 6) is -3.13. The number of aromatic amines is 1. The summed E-state index contributed by atoms with van der Waals surface area (Å²) in [6, 6.07) is 3.67. The quantitative estimate of drug-likeness (QED) is 0.289. The summed E-state index contributed by atoms with van der Waals surface area (Å²) in [7, 11) is 0. The van der Waals surface area contributed by atoms with Gasteiger partial charge in [-0.25, -0.2) is 4.79 Å². The number of rotatable bonds is 11. The highest BCUT2D eigenvalue weighted by atomic mass is 16.4. The second-order valence-electron chi connectivity index (χ2n) is 8.35. The van der Waals surface area contributed by atoms with E-state index in [1.165, 1.54) is 13.8 Å². The zero-order valence-electron chi connectivity index (χ0n) is 19.3. The Morgan fingerprint density at radius 2 is 1.67 bits per heavy atom. The smallest absolute Gasteiger partial charge is 0.326 e. The number of nitrogens with two attached hydrogens (primary N) is 1.